The average molecular weight is 456 g/mol. The highest BCUT2D eigenvalue weighted by Crippen LogP contribution is 2.46. The first-order chi connectivity index (χ1) is 15.5. The molecule has 1 aromatic rings. The minimum absolute atomic E-state index is 0.0855. The van der Waals surface area contributed by atoms with Crippen LogP contribution in [0.5, 0.6) is 11.5 Å². The number of carbonyl (C=O) groups is 2. The summed E-state index contributed by atoms with van der Waals surface area (Å²) in [6, 6.07) is 1.52. The zero-order valence-electron chi connectivity index (χ0n) is 20.5. The third kappa shape index (κ3) is 5.79. The van der Waals surface area contributed by atoms with Crippen molar-refractivity contribution in [3.63, 3.8) is 0 Å². The quantitative estimate of drug-likeness (QED) is 0.472. The average Bonchev–Trinajstić information content (AvgIpc) is 3.03. The number of aliphatic carboxylic acids is 1. The number of carbonyl (C=O) groups excluding carboxylic acids is 1. The van der Waals surface area contributed by atoms with Crippen molar-refractivity contribution < 1.29 is 24.5 Å². The van der Waals surface area contributed by atoms with Crippen LogP contribution in [0.1, 0.15) is 88.2 Å². The summed E-state index contributed by atoms with van der Waals surface area (Å²) in [6.07, 6.45) is 9.91. The molecular formula is C27H37NO5. The van der Waals surface area contributed by atoms with Crippen molar-refractivity contribution >= 4 is 11.9 Å². The van der Waals surface area contributed by atoms with Crippen LogP contribution in [0.25, 0.3) is 0 Å². The van der Waals surface area contributed by atoms with Gasteiger partial charge < -0.3 is 19.8 Å². The van der Waals surface area contributed by atoms with Crippen LogP contribution in [0.15, 0.2) is 29.4 Å². The largest absolute Gasteiger partial charge is 0.508 e. The Labute approximate surface area is 196 Å². The summed E-state index contributed by atoms with van der Waals surface area (Å²) in [4.78, 5) is 25.7. The van der Waals surface area contributed by atoms with Gasteiger partial charge in [0.1, 0.15) is 17.1 Å². The maximum Gasteiger partial charge on any atom is 0.308 e. The molecule has 2 aliphatic rings. The predicted octanol–water partition coefficient (Wildman–Crippen LogP) is 5.63. The number of carboxylic acids is 1. The lowest BCUT2D eigenvalue weighted by molar-refractivity contribution is -0.141. The number of phenols is 1. The second-order valence-electron chi connectivity index (χ2n) is 10.1. The number of hydrogen-bond acceptors (Lipinski definition) is 4. The van der Waals surface area contributed by atoms with Crippen LogP contribution in [0.4, 0.5) is 0 Å². The van der Waals surface area contributed by atoms with Crippen molar-refractivity contribution in [3.05, 3.63) is 46.1 Å². The molecule has 6 heteroatoms. The molecule has 0 aliphatic carbocycles. The van der Waals surface area contributed by atoms with Crippen LogP contribution in [0.3, 0.4) is 0 Å². The van der Waals surface area contributed by atoms with E-state index in [1.807, 2.05) is 0 Å². The summed E-state index contributed by atoms with van der Waals surface area (Å²) in [6.45, 7) is 10.5. The number of allylic oxidation sites excluding steroid dienone is 4. The Bertz CT molecular complexity index is 989. The third-order valence-electron chi connectivity index (χ3n) is 6.76. The SMILES string of the molecule is CC(C)=CCC/C(C)=C/CC[C@@]1(C)CCc2c(O)cc3c(c2O1)CN(CC(C)C(=O)O)C3=O. The van der Waals surface area contributed by atoms with Crippen molar-refractivity contribution in [2.24, 2.45) is 5.92 Å². The van der Waals surface area contributed by atoms with Gasteiger partial charge in [-0.15, -0.1) is 0 Å². The van der Waals surface area contributed by atoms with Gasteiger partial charge in [0, 0.05) is 17.7 Å². The minimum atomic E-state index is -0.934. The van der Waals surface area contributed by atoms with Gasteiger partial charge in [-0.05, 0) is 72.3 Å². The monoisotopic (exact) mass is 455 g/mol. The molecule has 6 nitrogen and oxygen atoms in total. The van der Waals surface area contributed by atoms with E-state index in [-0.39, 0.29) is 23.8 Å². The van der Waals surface area contributed by atoms with Gasteiger partial charge in [0.15, 0.2) is 0 Å². The van der Waals surface area contributed by atoms with Gasteiger partial charge in [-0.25, -0.2) is 0 Å². The van der Waals surface area contributed by atoms with E-state index in [0.29, 0.717) is 24.3 Å². The van der Waals surface area contributed by atoms with E-state index < -0.39 is 11.9 Å². The highest BCUT2D eigenvalue weighted by Gasteiger charge is 2.39. The van der Waals surface area contributed by atoms with Crippen molar-refractivity contribution in [1.29, 1.82) is 0 Å². The Kier molecular flexibility index (Phi) is 7.55. The van der Waals surface area contributed by atoms with Gasteiger partial charge in [-0.1, -0.05) is 30.2 Å². The number of rotatable bonds is 9. The molecule has 0 saturated heterocycles. The molecule has 1 unspecified atom stereocenters. The van der Waals surface area contributed by atoms with Crippen LogP contribution in [-0.2, 0) is 17.8 Å². The Hall–Kier alpha value is -2.76. The van der Waals surface area contributed by atoms with E-state index in [4.69, 9.17) is 4.74 Å². The van der Waals surface area contributed by atoms with Crippen molar-refractivity contribution in [2.45, 2.75) is 85.3 Å². The number of benzene rings is 1. The maximum absolute atomic E-state index is 12.9. The Morgan fingerprint density at radius 1 is 1.24 bits per heavy atom. The molecule has 2 aliphatic heterocycles. The molecule has 180 valence electrons. The van der Waals surface area contributed by atoms with Crippen LogP contribution < -0.4 is 4.74 Å². The highest BCUT2D eigenvalue weighted by atomic mass is 16.5. The smallest absolute Gasteiger partial charge is 0.308 e. The second kappa shape index (κ2) is 10.0. The highest BCUT2D eigenvalue weighted by molar-refractivity contribution is 6.00. The Balaban J connectivity index is 1.73. The molecule has 1 aromatic carbocycles. The van der Waals surface area contributed by atoms with Gasteiger partial charge in [0.05, 0.1) is 18.0 Å². The van der Waals surface area contributed by atoms with E-state index in [0.717, 1.165) is 43.2 Å². The predicted molar refractivity (Wildman–Crippen MR) is 129 cm³/mol. The number of carboxylic acid groups (broad SMARTS) is 1. The second-order valence-corrected chi connectivity index (χ2v) is 10.1. The molecule has 0 aromatic heterocycles. The number of aromatic hydroxyl groups is 1. The number of fused-ring (bicyclic) bond motifs is 3. The number of amides is 1. The Morgan fingerprint density at radius 3 is 2.64 bits per heavy atom. The zero-order valence-corrected chi connectivity index (χ0v) is 20.5. The van der Waals surface area contributed by atoms with Gasteiger partial charge >= 0.3 is 5.97 Å². The number of phenolic OH excluding ortho intramolecular Hbond substituents is 1. The lowest BCUT2D eigenvalue weighted by atomic mass is 9.86. The molecule has 1 amide bonds. The summed E-state index contributed by atoms with van der Waals surface area (Å²) in [7, 11) is 0. The normalized spacial score (nSPS) is 20.7. The van der Waals surface area contributed by atoms with E-state index in [1.165, 1.54) is 22.1 Å². The van der Waals surface area contributed by atoms with Gasteiger partial charge in [0.25, 0.3) is 5.91 Å². The van der Waals surface area contributed by atoms with Crippen LogP contribution >= 0.6 is 0 Å². The first-order valence-electron chi connectivity index (χ1n) is 11.9. The van der Waals surface area contributed by atoms with Crippen LogP contribution in [-0.4, -0.2) is 39.1 Å². The van der Waals surface area contributed by atoms with E-state index in [9.17, 15) is 19.8 Å². The Morgan fingerprint density at radius 2 is 1.97 bits per heavy atom. The summed E-state index contributed by atoms with van der Waals surface area (Å²) < 4.78 is 6.49. The molecule has 0 saturated carbocycles. The fourth-order valence-corrected chi connectivity index (χ4v) is 4.61. The molecule has 3 rings (SSSR count). The van der Waals surface area contributed by atoms with E-state index >= 15 is 0 Å². The van der Waals surface area contributed by atoms with Crippen molar-refractivity contribution in [1.82, 2.24) is 4.90 Å². The van der Waals surface area contributed by atoms with Crippen LogP contribution in [0, 0.1) is 5.92 Å². The molecule has 0 spiro atoms. The topological polar surface area (TPSA) is 87.1 Å². The zero-order chi connectivity index (χ0) is 24.3. The number of nitrogens with zero attached hydrogens (tertiary/aromatic N) is 1. The van der Waals surface area contributed by atoms with E-state index in [1.54, 1.807) is 6.92 Å². The van der Waals surface area contributed by atoms with Crippen molar-refractivity contribution in [3.8, 4) is 11.5 Å². The summed E-state index contributed by atoms with van der Waals surface area (Å²) in [5.74, 6) is -1.14. The molecule has 0 radical (unpaired) electrons. The summed E-state index contributed by atoms with van der Waals surface area (Å²) in [5, 5.41) is 19.8. The minimum Gasteiger partial charge on any atom is -0.508 e. The number of hydrogen-bond donors (Lipinski definition) is 2. The lowest BCUT2D eigenvalue weighted by Crippen LogP contribution is -2.36. The first kappa shape index (κ1) is 24.9. The molecule has 0 fully saturated rings. The summed E-state index contributed by atoms with van der Waals surface area (Å²) >= 11 is 0. The molecule has 2 heterocycles. The molecule has 33 heavy (non-hydrogen) atoms. The molecule has 2 N–H and O–H groups in total. The molecule has 0 bridgehead atoms. The van der Waals surface area contributed by atoms with Gasteiger partial charge in [-0.2, -0.15) is 0 Å². The van der Waals surface area contributed by atoms with Gasteiger partial charge in [0.2, 0.25) is 0 Å². The van der Waals surface area contributed by atoms with Gasteiger partial charge in [-0.3, -0.25) is 9.59 Å². The standard InChI is InChI=1S/C27H37NO5/c1-17(2)8-6-9-18(3)10-7-12-27(5)13-11-20-23(29)14-21-22(24(20)33-27)16-28(25(21)30)15-19(4)26(31)32/h8,10,14,19,29H,6-7,9,11-13,15-16H2,1-5H3,(H,31,32)/b18-10+/t19?,27-/m0/s1. The summed E-state index contributed by atoms with van der Waals surface area (Å²) in [5.41, 5.74) is 4.28. The number of ether oxygens (including phenoxy) is 1. The lowest BCUT2D eigenvalue weighted by Gasteiger charge is -2.37. The maximum atomic E-state index is 12.9. The van der Waals surface area contributed by atoms with Crippen molar-refractivity contribution in [2.75, 3.05) is 6.54 Å². The first-order valence-corrected chi connectivity index (χ1v) is 11.9. The fourth-order valence-electron chi connectivity index (χ4n) is 4.61. The molecular weight excluding hydrogens is 418 g/mol. The van der Waals surface area contributed by atoms with Crippen LogP contribution in [0.2, 0.25) is 0 Å². The molecule has 2 atom stereocenters. The third-order valence-corrected chi connectivity index (χ3v) is 6.76. The fraction of sp³-hybridized carbons (Fsp3) is 0.556. The van der Waals surface area contributed by atoms with E-state index in [2.05, 4.69) is 39.8 Å².